The fourth-order valence-corrected chi connectivity index (χ4v) is 4.21. The van der Waals surface area contributed by atoms with Crippen LogP contribution in [0.4, 0.5) is 4.79 Å². The van der Waals surface area contributed by atoms with E-state index in [0.29, 0.717) is 4.68 Å². The summed E-state index contributed by atoms with van der Waals surface area (Å²) in [4.78, 5) is 35.1. The summed E-state index contributed by atoms with van der Waals surface area (Å²) in [6.45, 7) is 0. The van der Waals surface area contributed by atoms with E-state index in [1.807, 2.05) is 0 Å². The first-order valence-electron chi connectivity index (χ1n) is 6.60. The zero-order chi connectivity index (χ0) is 18.8. The summed E-state index contributed by atoms with van der Waals surface area (Å²) < 4.78 is 37.0. The van der Waals surface area contributed by atoms with Gasteiger partial charge < -0.3 is 9.47 Å². The van der Waals surface area contributed by atoms with Crippen LogP contribution in [0.5, 0.6) is 6.01 Å². The average Bonchev–Trinajstić information content (AvgIpc) is 3.13. The minimum atomic E-state index is -4.32. The third-order valence-corrected chi connectivity index (χ3v) is 5.44. The summed E-state index contributed by atoms with van der Waals surface area (Å²) in [5, 5.41) is 6.28. The van der Waals surface area contributed by atoms with E-state index in [0.717, 1.165) is 15.9 Å². The minimum absolute atomic E-state index is 0.167. The van der Waals surface area contributed by atoms with Crippen molar-refractivity contribution in [2.75, 3.05) is 14.2 Å². The number of carbonyl (C=O) groups excluding carboxylic acids is 2. The molecule has 0 radical (unpaired) electrons. The number of methoxy groups -OCH3 is 2. The monoisotopic (exact) mass is 390 g/mol. The van der Waals surface area contributed by atoms with E-state index in [1.165, 1.54) is 32.0 Å². The van der Waals surface area contributed by atoms with Crippen molar-refractivity contribution in [1.29, 1.82) is 0 Å². The SMILES string of the molecule is COC(=O)Cc1cscc1S(=O)(=O)NC(=O)n1nc(OC)n(C)c1=O. The number of amides is 1. The molecule has 11 nitrogen and oxygen atoms in total. The van der Waals surface area contributed by atoms with Crippen molar-refractivity contribution in [3.63, 3.8) is 0 Å². The van der Waals surface area contributed by atoms with Gasteiger partial charge in [-0.1, -0.05) is 0 Å². The number of hydrogen-bond acceptors (Lipinski definition) is 9. The third-order valence-electron chi connectivity index (χ3n) is 3.09. The maximum Gasteiger partial charge on any atom is 0.360 e. The van der Waals surface area contributed by atoms with Crippen LogP contribution in [0.15, 0.2) is 20.5 Å². The zero-order valence-electron chi connectivity index (χ0n) is 13.4. The molecule has 0 saturated heterocycles. The number of ether oxygens (including phenoxy) is 2. The number of carbonyl (C=O) groups is 2. The van der Waals surface area contributed by atoms with E-state index in [-0.39, 0.29) is 22.9 Å². The normalized spacial score (nSPS) is 11.2. The number of rotatable bonds is 5. The molecule has 1 amide bonds. The fourth-order valence-electron chi connectivity index (χ4n) is 1.85. The van der Waals surface area contributed by atoms with Crippen molar-refractivity contribution in [3.8, 4) is 6.01 Å². The molecule has 0 bridgehead atoms. The second-order valence-electron chi connectivity index (χ2n) is 4.66. The molecular formula is C12H14N4O7S2. The molecule has 0 saturated carbocycles. The number of esters is 1. The molecule has 1 N–H and O–H groups in total. The van der Waals surface area contributed by atoms with E-state index >= 15 is 0 Å². The molecule has 0 aromatic carbocycles. The topological polar surface area (TPSA) is 139 Å². The van der Waals surface area contributed by atoms with E-state index < -0.39 is 27.7 Å². The number of nitrogens with one attached hydrogen (secondary N) is 1. The van der Waals surface area contributed by atoms with Crippen molar-refractivity contribution in [2.45, 2.75) is 11.3 Å². The van der Waals surface area contributed by atoms with Gasteiger partial charge in [-0.25, -0.2) is 27.3 Å². The fraction of sp³-hybridized carbons (Fsp3) is 0.333. The summed E-state index contributed by atoms with van der Waals surface area (Å²) in [6, 6.07) is -1.45. The van der Waals surface area contributed by atoms with Gasteiger partial charge in [-0.2, -0.15) is 11.3 Å². The first-order valence-corrected chi connectivity index (χ1v) is 9.03. The molecule has 13 heteroatoms. The van der Waals surface area contributed by atoms with Gasteiger partial charge in [-0.05, 0) is 10.9 Å². The first kappa shape index (κ1) is 18.7. The lowest BCUT2D eigenvalue weighted by Crippen LogP contribution is -2.40. The highest BCUT2D eigenvalue weighted by Gasteiger charge is 2.26. The van der Waals surface area contributed by atoms with Gasteiger partial charge in [0.05, 0.1) is 20.6 Å². The van der Waals surface area contributed by atoms with Crippen LogP contribution in [-0.2, 0) is 33.0 Å². The zero-order valence-corrected chi connectivity index (χ0v) is 15.0. The Morgan fingerprint density at radius 3 is 2.56 bits per heavy atom. The van der Waals surface area contributed by atoms with Crippen LogP contribution in [0.2, 0.25) is 0 Å². The second-order valence-corrected chi connectivity index (χ2v) is 7.06. The number of thiophene rings is 1. The van der Waals surface area contributed by atoms with Crippen molar-refractivity contribution < 1.29 is 27.5 Å². The van der Waals surface area contributed by atoms with Gasteiger partial charge in [-0.3, -0.25) is 4.79 Å². The Morgan fingerprint density at radius 1 is 1.32 bits per heavy atom. The lowest BCUT2D eigenvalue weighted by molar-refractivity contribution is -0.139. The van der Waals surface area contributed by atoms with Crippen molar-refractivity contribution in [1.82, 2.24) is 19.1 Å². The lowest BCUT2D eigenvalue weighted by atomic mass is 10.2. The molecule has 0 unspecified atom stereocenters. The Morgan fingerprint density at radius 2 is 2.00 bits per heavy atom. The van der Waals surface area contributed by atoms with Crippen molar-refractivity contribution >= 4 is 33.4 Å². The molecule has 0 aliphatic rings. The minimum Gasteiger partial charge on any atom is -0.469 e. The van der Waals surface area contributed by atoms with Gasteiger partial charge >= 0.3 is 23.7 Å². The molecule has 0 spiro atoms. The molecule has 2 aromatic heterocycles. The second kappa shape index (κ2) is 7.06. The molecule has 2 rings (SSSR count). The Balaban J connectivity index is 2.31. The maximum atomic E-state index is 12.4. The maximum absolute atomic E-state index is 12.4. The molecule has 2 aromatic rings. The Hall–Kier alpha value is -2.67. The molecule has 2 heterocycles. The Labute approximate surface area is 145 Å². The molecule has 0 aliphatic carbocycles. The highest BCUT2D eigenvalue weighted by Crippen LogP contribution is 2.21. The number of nitrogens with zero attached hydrogens (tertiary/aromatic N) is 3. The smallest absolute Gasteiger partial charge is 0.360 e. The standard InChI is InChI=1S/C12H14N4O7S2/c1-15-11(23-3)13-16(12(15)19)10(18)14-25(20,21)8-6-24-5-7(8)4-9(17)22-2/h5-6H,4H2,1-3H3,(H,14,18). The van der Waals surface area contributed by atoms with Gasteiger partial charge in [0.1, 0.15) is 4.90 Å². The average molecular weight is 390 g/mol. The van der Waals surface area contributed by atoms with Crippen molar-refractivity contribution in [3.05, 3.63) is 26.8 Å². The quantitative estimate of drug-likeness (QED) is 0.662. The molecule has 0 atom stereocenters. The molecule has 136 valence electrons. The largest absolute Gasteiger partial charge is 0.469 e. The van der Waals surface area contributed by atoms with E-state index in [2.05, 4.69) is 9.84 Å². The summed E-state index contributed by atoms with van der Waals surface area (Å²) in [6.07, 6.45) is -0.276. The highest BCUT2D eigenvalue weighted by molar-refractivity contribution is 7.90. The van der Waals surface area contributed by atoms with E-state index in [1.54, 1.807) is 4.72 Å². The summed E-state index contributed by atoms with van der Waals surface area (Å²) >= 11 is 1.04. The van der Waals surface area contributed by atoms with Gasteiger partial charge in [0.2, 0.25) is 0 Å². The summed E-state index contributed by atoms with van der Waals surface area (Å²) in [5.41, 5.74) is -0.715. The molecular weight excluding hydrogens is 376 g/mol. The van der Waals surface area contributed by atoms with Gasteiger partial charge in [0.15, 0.2) is 0 Å². The van der Waals surface area contributed by atoms with E-state index in [9.17, 15) is 22.8 Å². The van der Waals surface area contributed by atoms with Crippen LogP contribution in [0.25, 0.3) is 0 Å². The van der Waals surface area contributed by atoms with Crippen LogP contribution >= 0.6 is 11.3 Å². The Bertz CT molecular complexity index is 970. The van der Waals surface area contributed by atoms with Gasteiger partial charge in [-0.15, -0.1) is 9.78 Å². The van der Waals surface area contributed by atoms with Crippen LogP contribution in [0, 0.1) is 0 Å². The predicted octanol–water partition coefficient (Wildman–Crippen LogP) is -0.686. The van der Waals surface area contributed by atoms with Crippen LogP contribution in [-0.4, -0.2) is 49.0 Å². The number of hydrogen-bond donors (Lipinski definition) is 1. The number of sulfonamides is 1. The van der Waals surface area contributed by atoms with Gasteiger partial charge in [0, 0.05) is 12.4 Å². The van der Waals surface area contributed by atoms with Crippen LogP contribution in [0.1, 0.15) is 5.56 Å². The Kier molecular flexibility index (Phi) is 5.27. The van der Waals surface area contributed by atoms with Crippen molar-refractivity contribution in [2.24, 2.45) is 7.05 Å². The van der Waals surface area contributed by atoms with Crippen LogP contribution in [0.3, 0.4) is 0 Å². The third kappa shape index (κ3) is 3.71. The lowest BCUT2D eigenvalue weighted by Gasteiger charge is -2.06. The predicted molar refractivity (Wildman–Crippen MR) is 85.2 cm³/mol. The summed E-state index contributed by atoms with van der Waals surface area (Å²) in [5.74, 6) is -0.633. The van der Waals surface area contributed by atoms with Crippen LogP contribution < -0.4 is 15.1 Å². The van der Waals surface area contributed by atoms with E-state index in [4.69, 9.17) is 4.74 Å². The molecule has 0 fully saturated rings. The number of aromatic nitrogens is 3. The highest BCUT2D eigenvalue weighted by atomic mass is 32.2. The molecule has 25 heavy (non-hydrogen) atoms. The van der Waals surface area contributed by atoms with Gasteiger partial charge in [0.25, 0.3) is 10.0 Å². The first-order chi connectivity index (χ1) is 11.7. The molecule has 0 aliphatic heterocycles. The summed E-state index contributed by atoms with van der Waals surface area (Å²) in [7, 11) is -0.604.